The molecular weight excluding hydrogens is 385 g/mol. The molecule has 1 amide bonds. The van der Waals surface area contributed by atoms with Crippen molar-refractivity contribution >= 4 is 5.91 Å². The zero-order chi connectivity index (χ0) is 21.3. The van der Waals surface area contributed by atoms with Crippen LogP contribution in [-0.2, 0) is 31.4 Å². The first-order valence-corrected chi connectivity index (χ1v) is 10.2. The third-order valence-electron chi connectivity index (χ3n) is 5.49. The van der Waals surface area contributed by atoms with Crippen LogP contribution in [0.4, 0.5) is 4.39 Å². The van der Waals surface area contributed by atoms with Crippen LogP contribution in [0.3, 0.4) is 0 Å². The summed E-state index contributed by atoms with van der Waals surface area (Å²) in [6.45, 7) is 6.06. The Balaban J connectivity index is 1.53. The van der Waals surface area contributed by atoms with Crippen LogP contribution in [0.15, 0.2) is 30.5 Å². The quantitative estimate of drug-likeness (QED) is 0.625. The Bertz CT molecular complexity index is 1050. The highest BCUT2D eigenvalue weighted by Crippen LogP contribution is 2.30. The van der Waals surface area contributed by atoms with Gasteiger partial charge in [0.25, 0.3) is 5.91 Å². The summed E-state index contributed by atoms with van der Waals surface area (Å²) < 4.78 is 22.7. The Morgan fingerprint density at radius 1 is 1.27 bits per heavy atom. The Kier molecular flexibility index (Phi) is 5.57. The van der Waals surface area contributed by atoms with E-state index in [4.69, 9.17) is 9.84 Å². The second-order valence-electron chi connectivity index (χ2n) is 7.58. The molecule has 0 saturated heterocycles. The van der Waals surface area contributed by atoms with E-state index in [9.17, 15) is 9.18 Å². The number of carbonyl (C=O) groups excluding carboxylic acids is 1. The summed E-state index contributed by atoms with van der Waals surface area (Å²) in [5.74, 6) is 0.885. The summed E-state index contributed by atoms with van der Waals surface area (Å²) in [7, 11) is 1.94. The summed E-state index contributed by atoms with van der Waals surface area (Å²) in [6, 6.07) is 5.67. The number of fused-ring (bicyclic) bond motifs is 1. The number of nitrogens with zero attached hydrogens (tertiary/aromatic N) is 5. The summed E-state index contributed by atoms with van der Waals surface area (Å²) in [6.07, 6.45) is 3.60. The fraction of sp³-hybridized carbons (Fsp3) is 0.409. The van der Waals surface area contributed by atoms with Gasteiger partial charge in [-0.05, 0) is 37.6 Å². The van der Waals surface area contributed by atoms with Gasteiger partial charge in [-0.1, -0.05) is 6.92 Å². The highest BCUT2D eigenvalue weighted by Gasteiger charge is 2.29. The average molecular weight is 411 g/mol. The number of rotatable bonds is 6. The van der Waals surface area contributed by atoms with Crippen LogP contribution in [0.1, 0.15) is 30.3 Å². The van der Waals surface area contributed by atoms with Crippen LogP contribution in [0.2, 0.25) is 0 Å². The minimum Gasteiger partial charge on any atom is -0.484 e. The molecule has 0 radical (unpaired) electrons. The molecule has 4 rings (SSSR count). The highest BCUT2D eigenvalue weighted by atomic mass is 19.1. The van der Waals surface area contributed by atoms with Crippen LogP contribution in [-0.4, -0.2) is 43.3 Å². The molecule has 8 heteroatoms. The van der Waals surface area contributed by atoms with Crippen molar-refractivity contribution in [2.24, 2.45) is 7.05 Å². The number of aryl methyl sites for hydroxylation is 2. The molecule has 1 aromatic carbocycles. The predicted molar refractivity (Wildman–Crippen MR) is 110 cm³/mol. The van der Waals surface area contributed by atoms with Gasteiger partial charge in [0.05, 0.1) is 0 Å². The summed E-state index contributed by atoms with van der Waals surface area (Å²) in [5.41, 5.74) is 4.12. The van der Waals surface area contributed by atoms with Gasteiger partial charge in [-0.3, -0.25) is 9.48 Å². The number of amides is 1. The lowest BCUT2D eigenvalue weighted by Gasteiger charge is -2.27. The van der Waals surface area contributed by atoms with Crippen molar-refractivity contribution in [2.75, 3.05) is 13.2 Å². The van der Waals surface area contributed by atoms with Crippen molar-refractivity contribution in [3.05, 3.63) is 53.2 Å². The zero-order valence-corrected chi connectivity index (χ0v) is 17.6. The first-order valence-electron chi connectivity index (χ1n) is 10.2. The first-order chi connectivity index (χ1) is 14.5. The Morgan fingerprint density at radius 2 is 2.03 bits per heavy atom. The molecule has 0 saturated carbocycles. The largest absolute Gasteiger partial charge is 0.484 e. The van der Waals surface area contributed by atoms with E-state index in [1.165, 1.54) is 24.3 Å². The third kappa shape index (κ3) is 3.81. The van der Waals surface area contributed by atoms with Gasteiger partial charge in [-0.25, -0.2) is 9.37 Å². The topological polar surface area (TPSA) is 65.2 Å². The predicted octanol–water partition coefficient (Wildman–Crippen LogP) is 3.10. The summed E-state index contributed by atoms with van der Waals surface area (Å²) >= 11 is 0. The number of hydrogen-bond donors (Lipinski definition) is 0. The van der Waals surface area contributed by atoms with E-state index < -0.39 is 0 Å². The molecule has 0 N–H and O–H groups in total. The lowest BCUT2D eigenvalue weighted by molar-refractivity contribution is -0.134. The van der Waals surface area contributed by atoms with E-state index in [1.54, 1.807) is 4.90 Å². The molecule has 0 aliphatic carbocycles. The molecule has 0 unspecified atom stereocenters. The molecule has 0 bridgehead atoms. The summed E-state index contributed by atoms with van der Waals surface area (Å²) in [5, 5.41) is 4.74. The van der Waals surface area contributed by atoms with E-state index >= 15 is 0 Å². The maximum absolute atomic E-state index is 13.0. The monoisotopic (exact) mass is 411 g/mol. The second kappa shape index (κ2) is 8.30. The Hall–Kier alpha value is -3.16. The maximum Gasteiger partial charge on any atom is 0.260 e. The van der Waals surface area contributed by atoms with E-state index in [0.29, 0.717) is 18.8 Å². The van der Waals surface area contributed by atoms with Gasteiger partial charge in [0.15, 0.2) is 12.4 Å². The van der Waals surface area contributed by atoms with Gasteiger partial charge >= 0.3 is 0 Å². The number of aromatic nitrogens is 4. The maximum atomic E-state index is 13.0. The molecule has 0 fully saturated rings. The molecule has 0 atom stereocenters. The molecule has 3 heterocycles. The van der Waals surface area contributed by atoms with Gasteiger partial charge in [0.1, 0.15) is 17.3 Å². The van der Waals surface area contributed by atoms with Crippen molar-refractivity contribution in [3.63, 3.8) is 0 Å². The molecular formula is C22H26FN5O2. The van der Waals surface area contributed by atoms with Gasteiger partial charge in [-0.15, -0.1) is 0 Å². The SMILES string of the molecule is CCCn1c(C)cnc1-c1nn(C)c2c1CN(C(=O)COc1ccc(F)cc1)CC2. The normalized spacial score (nSPS) is 13.4. The zero-order valence-electron chi connectivity index (χ0n) is 17.6. The van der Waals surface area contributed by atoms with Gasteiger partial charge in [0, 0.05) is 56.3 Å². The number of halogens is 1. The van der Waals surface area contributed by atoms with Crippen LogP contribution >= 0.6 is 0 Å². The first kappa shape index (κ1) is 20.1. The van der Waals surface area contributed by atoms with Crippen molar-refractivity contribution in [1.82, 2.24) is 24.2 Å². The van der Waals surface area contributed by atoms with Gasteiger partial charge in [-0.2, -0.15) is 5.10 Å². The van der Waals surface area contributed by atoms with E-state index in [-0.39, 0.29) is 18.3 Å². The van der Waals surface area contributed by atoms with Gasteiger partial charge < -0.3 is 14.2 Å². The molecule has 0 spiro atoms. The standard InChI is InChI=1S/C22H26FN5O2/c1-4-10-28-15(2)12-24-22(28)21-18-13-27(11-9-19(18)26(3)25-21)20(29)14-30-17-7-5-16(23)6-8-17/h5-8,12H,4,9-11,13-14H2,1-3H3. The van der Waals surface area contributed by atoms with Crippen molar-refractivity contribution in [3.8, 4) is 17.3 Å². The van der Waals surface area contributed by atoms with E-state index in [2.05, 4.69) is 16.5 Å². The van der Waals surface area contributed by atoms with Gasteiger partial charge in [0.2, 0.25) is 0 Å². The number of hydrogen-bond acceptors (Lipinski definition) is 4. The Morgan fingerprint density at radius 3 is 2.77 bits per heavy atom. The number of carbonyl (C=O) groups is 1. The van der Waals surface area contributed by atoms with E-state index in [0.717, 1.165) is 47.9 Å². The molecule has 3 aromatic rings. The van der Waals surface area contributed by atoms with Crippen molar-refractivity contribution in [1.29, 1.82) is 0 Å². The third-order valence-corrected chi connectivity index (χ3v) is 5.49. The van der Waals surface area contributed by atoms with Crippen LogP contribution in [0.5, 0.6) is 5.75 Å². The van der Waals surface area contributed by atoms with Crippen LogP contribution in [0, 0.1) is 12.7 Å². The molecule has 7 nitrogen and oxygen atoms in total. The smallest absolute Gasteiger partial charge is 0.260 e. The second-order valence-corrected chi connectivity index (χ2v) is 7.58. The Labute approximate surface area is 175 Å². The molecule has 30 heavy (non-hydrogen) atoms. The molecule has 158 valence electrons. The molecule has 1 aliphatic rings. The minimum atomic E-state index is -0.335. The number of ether oxygens (including phenoxy) is 1. The fourth-order valence-electron chi connectivity index (χ4n) is 3.91. The lowest BCUT2D eigenvalue weighted by Crippen LogP contribution is -2.39. The highest BCUT2D eigenvalue weighted by molar-refractivity contribution is 5.78. The average Bonchev–Trinajstić information content (AvgIpc) is 3.27. The minimum absolute atomic E-state index is 0.0832. The molecule has 2 aromatic heterocycles. The fourth-order valence-corrected chi connectivity index (χ4v) is 3.91. The van der Waals surface area contributed by atoms with Crippen molar-refractivity contribution < 1.29 is 13.9 Å². The summed E-state index contributed by atoms with van der Waals surface area (Å²) in [4.78, 5) is 19.2. The van der Waals surface area contributed by atoms with Crippen LogP contribution in [0.25, 0.3) is 11.5 Å². The van der Waals surface area contributed by atoms with E-state index in [1.807, 2.05) is 24.9 Å². The van der Waals surface area contributed by atoms with Crippen molar-refractivity contribution in [2.45, 2.75) is 39.8 Å². The number of benzene rings is 1. The number of imidazole rings is 1. The van der Waals surface area contributed by atoms with Crippen LogP contribution < -0.4 is 4.74 Å². The lowest BCUT2D eigenvalue weighted by atomic mass is 10.0. The molecule has 1 aliphatic heterocycles.